The molecule has 0 aliphatic carbocycles. The minimum Gasteiger partial charge on any atom is -0.496 e. The Balaban J connectivity index is 1.84. The zero-order chi connectivity index (χ0) is 24.1. The average molecular weight is 487 g/mol. The fraction of sp³-hybridized carbons (Fsp3) is 0.200. The number of nitrogens with one attached hydrogen (secondary N) is 1. The maximum Gasteiger partial charge on any atom is 0.326 e. The van der Waals surface area contributed by atoms with E-state index in [9.17, 15) is 14.7 Å². The molecule has 0 unspecified atom stereocenters. The number of ether oxygens (including phenoxy) is 1. The number of amides is 1. The lowest BCUT2D eigenvalue weighted by molar-refractivity contribution is -0.139. The number of carbonyl (C=O) groups is 2. The van der Waals surface area contributed by atoms with Crippen molar-refractivity contribution >= 4 is 40.8 Å². The molecule has 0 saturated carbocycles. The van der Waals surface area contributed by atoms with E-state index in [4.69, 9.17) is 27.9 Å². The van der Waals surface area contributed by atoms with Crippen LogP contribution in [-0.4, -0.2) is 44.2 Å². The lowest BCUT2D eigenvalue weighted by Gasteiger charge is -2.20. The number of hydrogen-bond donors (Lipinski definition) is 2. The van der Waals surface area contributed by atoms with Crippen molar-refractivity contribution in [3.8, 4) is 16.9 Å². The van der Waals surface area contributed by atoms with Gasteiger partial charge in [-0.05, 0) is 35.4 Å². The molecule has 0 spiro atoms. The quantitative estimate of drug-likeness (QED) is 0.459. The molecule has 0 bridgehead atoms. The van der Waals surface area contributed by atoms with E-state index in [0.717, 1.165) is 28.1 Å². The number of rotatable bonds is 8. The smallest absolute Gasteiger partial charge is 0.326 e. The van der Waals surface area contributed by atoms with Gasteiger partial charge in [-0.3, -0.25) is 4.79 Å². The summed E-state index contributed by atoms with van der Waals surface area (Å²) in [4.78, 5) is 26.5. The van der Waals surface area contributed by atoms with Crippen LogP contribution in [0.4, 0.5) is 5.69 Å². The lowest BCUT2D eigenvalue weighted by atomic mass is 9.98. The topological polar surface area (TPSA) is 78.9 Å². The molecule has 0 fully saturated rings. The highest BCUT2D eigenvalue weighted by molar-refractivity contribution is 6.39. The molecule has 3 aromatic carbocycles. The Hall–Kier alpha value is -3.22. The van der Waals surface area contributed by atoms with Gasteiger partial charge < -0.3 is 20.1 Å². The first-order valence-electron chi connectivity index (χ1n) is 10.1. The van der Waals surface area contributed by atoms with Gasteiger partial charge in [-0.25, -0.2) is 4.79 Å². The number of hydrogen-bond acceptors (Lipinski definition) is 4. The standard InChI is InChI=1S/C25H24Cl2N2O4/c1-29(2)20-8-5-9-21(33-3)22(20)16-12-10-15(11-13-16)14-19(25(31)32)28-24(30)23-17(26)6-4-7-18(23)27/h4-13,19H,14H2,1-3H3,(H,28,30)(H,31,32)/t19-/m0/s1. The minimum absolute atomic E-state index is 0.0508. The molecule has 0 aromatic heterocycles. The van der Waals surface area contributed by atoms with Gasteiger partial charge in [0.25, 0.3) is 5.91 Å². The molecular formula is C25H24Cl2N2O4. The van der Waals surface area contributed by atoms with E-state index in [-0.39, 0.29) is 22.0 Å². The Bertz CT molecular complexity index is 1140. The van der Waals surface area contributed by atoms with Crippen molar-refractivity contribution in [2.45, 2.75) is 12.5 Å². The summed E-state index contributed by atoms with van der Waals surface area (Å²) < 4.78 is 5.55. The van der Waals surface area contributed by atoms with E-state index in [2.05, 4.69) is 5.32 Å². The molecule has 0 aliphatic rings. The van der Waals surface area contributed by atoms with Crippen molar-refractivity contribution in [3.05, 3.63) is 81.8 Å². The maximum absolute atomic E-state index is 12.6. The molecule has 2 N–H and O–H groups in total. The van der Waals surface area contributed by atoms with Crippen molar-refractivity contribution in [3.63, 3.8) is 0 Å². The van der Waals surface area contributed by atoms with Crippen molar-refractivity contribution in [1.29, 1.82) is 0 Å². The molecular weight excluding hydrogens is 463 g/mol. The highest BCUT2D eigenvalue weighted by Gasteiger charge is 2.24. The van der Waals surface area contributed by atoms with Crippen LogP contribution in [-0.2, 0) is 11.2 Å². The van der Waals surface area contributed by atoms with Crippen molar-refractivity contribution < 1.29 is 19.4 Å². The van der Waals surface area contributed by atoms with Crippen LogP contribution in [0.25, 0.3) is 11.1 Å². The van der Waals surface area contributed by atoms with Crippen molar-refractivity contribution in [2.75, 3.05) is 26.1 Å². The minimum atomic E-state index is -1.16. The number of aliphatic carboxylic acids is 1. The fourth-order valence-corrected chi connectivity index (χ4v) is 4.11. The van der Waals surface area contributed by atoms with Gasteiger partial charge in [0.1, 0.15) is 11.8 Å². The highest BCUT2D eigenvalue weighted by Crippen LogP contribution is 2.38. The first kappa shape index (κ1) is 24.4. The van der Waals surface area contributed by atoms with Crippen LogP contribution < -0.4 is 15.0 Å². The predicted molar refractivity (Wildman–Crippen MR) is 132 cm³/mol. The summed E-state index contributed by atoms with van der Waals surface area (Å²) in [6, 6.07) is 16.8. The number of carboxylic acid groups (broad SMARTS) is 1. The van der Waals surface area contributed by atoms with Crippen LogP contribution in [0.1, 0.15) is 15.9 Å². The maximum atomic E-state index is 12.6. The summed E-state index contributed by atoms with van der Waals surface area (Å²) in [7, 11) is 5.54. The molecule has 0 saturated heterocycles. The van der Waals surface area contributed by atoms with Gasteiger partial charge in [-0.2, -0.15) is 0 Å². The van der Waals surface area contributed by atoms with Crippen LogP contribution in [0.2, 0.25) is 10.0 Å². The van der Waals surface area contributed by atoms with E-state index < -0.39 is 17.9 Å². The number of methoxy groups -OCH3 is 1. The second-order valence-corrected chi connectivity index (χ2v) is 8.43. The Labute approximate surface area is 202 Å². The van der Waals surface area contributed by atoms with Gasteiger partial charge in [0.2, 0.25) is 0 Å². The predicted octanol–water partition coefficient (Wildman–Crippen LogP) is 5.16. The highest BCUT2D eigenvalue weighted by atomic mass is 35.5. The third-order valence-electron chi connectivity index (χ3n) is 5.18. The molecule has 0 aliphatic heterocycles. The normalized spacial score (nSPS) is 11.5. The number of anilines is 1. The van der Waals surface area contributed by atoms with E-state index in [1.54, 1.807) is 13.2 Å². The van der Waals surface area contributed by atoms with Gasteiger partial charge in [-0.1, -0.05) is 59.6 Å². The van der Waals surface area contributed by atoms with Gasteiger partial charge in [0.15, 0.2) is 0 Å². The third-order valence-corrected chi connectivity index (χ3v) is 5.81. The lowest BCUT2D eigenvalue weighted by Crippen LogP contribution is -2.42. The van der Waals surface area contributed by atoms with Gasteiger partial charge >= 0.3 is 5.97 Å². The number of benzene rings is 3. The first-order chi connectivity index (χ1) is 15.7. The van der Waals surface area contributed by atoms with E-state index in [0.29, 0.717) is 0 Å². The summed E-state index contributed by atoms with van der Waals surface area (Å²) in [5.74, 6) is -1.06. The van der Waals surface area contributed by atoms with E-state index in [1.807, 2.05) is 61.5 Å². The molecule has 1 atom stereocenters. The molecule has 0 heterocycles. The van der Waals surface area contributed by atoms with Crippen LogP contribution in [0.5, 0.6) is 5.75 Å². The summed E-state index contributed by atoms with van der Waals surface area (Å²) >= 11 is 12.2. The Kier molecular flexibility index (Phi) is 7.84. The summed E-state index contributed by atoms with van der Waals surface area (Å²) in [6.07, 6.45) is 0.0931. The van der Waals surface area contributed by atoms with E-state index in [1.165, 1.54) is 12.1 Å². The zero-order valence-corrected chi connectivity index (χ0v) is 19.9. The molecule has 0 radical (unpaired) electrons. The van der Waals surface area contributed by atoms with Crippen molar-refractivity contribution in [1.82, 2.24) is 5.32 Å². The Morgan fingerprint density at radius 1 is 1.00 bits per heavy atom. The van der Waals surface area contributed by atoms with Crippen LogP contribution in [0.15, 0.2) is 60.7 Å². The summed E-state index contributed by atoms with van der Waals surface area (Å²) in [5, 5.41) is 12.5. The third kappa shape index (κ3) is 5.59. The van der Waals surface area contributed by atoms with Crippen molar-refractivity contribution in [2.24, 2.45) is 0 Å². The number of carboxylic acids is 1. The monoisotopic (exact) mass is 486 g/mol. The van der Waals surface area contributed by atoms with E-state index >= 15 is 0 Å². The molecule has 6 nitrogen and oxygen atoms in total. The van der Waals surface area contributed by atoms with Crippen LogP contribution >= 0.6 is 23.2 Å². The Morgan fingerprint density at radius 3 is 2.15 bits per heavy atom. The number of halogens is 2. The molecule has 8 heteroatoms. The number of carbonyl (C=O) groups excluding carboxylic acids is 1. The molecule has 3 rings (SSSR count). The molecule has 172 valence electrons. The average Bonchev–Trinajstić information content (AvgIpc) is 2.78. The van der Waals surface area contributed by atoms with Crippen LogP contribution in [0, 0.1) is 0 Å². The summed E-state index contributed by atoms with van der Waals surface area (Å²) in [6.45, 7) is 0. The first-order valence-corrected chi connectivity index (χ1v) is 10.9. The largest absolute Gasteiger partial charge is 0.496 e. The second kappa shape index (κ2) is 10.6. The fourth-order valence-electron chi connectivity index (χ4n) is 3.54. The second-order valence-electron chi connectivity index (χ2n) is 7.61. The molecule has 3 aromatic rings. The van der Waals surface area contributed by atoms with Crippen LogP contribution in [0.3, 0.4) is 0 Å². The molecule has 33 heavy (non-hydrogen) atoms. The molecule has 1 amide bonds. The number of nitrogens with zero attached hydrogens (tertiary/aromatic N) is 1. The van der Waals surface area contributed by atoms with Gasteiger partial charge in [0.05, 0.1) is 22.7 Å². The SMILES string of the molecule is COc1cccc(N(C)C)c1-c1ccc(C[C@H](NC(=O)c2c(Cl)cccc2Cl)C(=O)O)cc1. The zero-order valence-electron chi connectivity index (χ0n) is 18.4. The Morgan fingerprint density at radius 2 is 1.61 bits per heavy atom. The summed E-state index contributed by atoms with van der Waals surface area (Å²) in [5.41, 5.74) is 3.66. The van der Waals surface area contributed by atoms with Gasteiger partial charge in [0, 0.05) is 31.8 Å². The van der Waals surface area contributed by atoms with Gasteiger partial charge in [-0.15, -0.1) is 0 Å².